The van der Waals surface area contributed by atoms with Gasteiger partial charge >= 0.3 is 0 Å². The first-order valence-corrected chi connectivity index (χ1v) is 8.30. The molecule has 0 fully saturated rings. The summed E-state index contributed by atoms with van der Waals surface area (Å²) >= 11 is 6.32. The number of rotatable bonds is 5. The van der Waals surface area contributed by atoms with Crippen LogP contribution in [0.25, 0.3) is 22.0 Å². The van der Waals surface area contributed by atoms with Crippen LogP contribution >= 0.6 is 11.6 Å². The maximum atomic E-state index is 11.5. The molecule has 2 aromatic carbocycles. The Morgan fingerprint density at radius 2 is 2.00 bits per heavy atom. The summed E-state index contributed by atoms with van der Waals surface area (Å²) in [6, 6.07) is 13.2. The van der Waals surface area contributed by atoms with Crippen molar-refractivity contribution in [2.45, 2.75) is 26.2 Å². The predicted molar refractivity (Wildman–Crippen MR) is 97.5 cm³/mol. The van der Waals surface area contributed by atoms with Crippen molar-refractivity contribution >= 4 is 28.2 Å². The minimum absolute atomic E-state index is 0.0248. The fourth-order valence-electron chi connectivity index (χ4n) is 2.85. The van der Waals surface area contributed by atoms with Gasteiger partial charge in [0.05, 0.1) is 16.0 Å². The van der Waals surface area contributed by atoms with Gasteiger partial charge in [0.2, 0.25) is 0 Å². The van der Waals surface area contributed by atoms with Crippen molar-refractivity contribution in [3.63, 3.8) is 0 Å². The molecule has 0 saturated heterocycles. The van der Waals surface area contributed by atoms with E-state index in [9.17, 15) is 10.1 Å². The molecule has 0 aliphatic rings. The third-order valence-electron chi connectivity index (χ3n) is 4.07. The van der Waals surface area contributed by atoms with E-state index in [4.69, 9.17) is 11.6 Å². The number of nitro groups is 1. The van der Waals surface area contributed by atoms with Crippen LogP contribution in [0.5, 0.6) is 0 Å². The van der Waals surface area contributed by atoms with Crippen molar-refractivity contribution in [1.82, 2.24) is 4.98 Å². The zero-order chi connectivity index (χ0) is 17.1. The highest BCUT2D eigenvalue weighted by atomic mass is 35.5. The Balaban J connectivity index is 2.31. The van der Waals surface area contributed by atoms with Gasteiger partial charge in [-0.05, 0) is 36.6 Å². The molecule has 0 unspecified atom stereocenters. The van der Waals surface area contributed by atoms with E-state index < -0.39 is 4.92 Å². The van der Waals surface area contributed by atoms with Gasteiger partial charge in [-0.2, -0.15) is 0 Å². The number of hydrogen-bond donors (Lipinski definition) is 0. The van der Waals surface area contributed by atoms with Crippen LogP contribution in [0, 0.1) is 10.1 Å². The van der Waals surface area contributed by atoms with Crippen molar-refractivity contribution in [2.24, 2.45) is 0 Å². The molecule has 0 bridgehead atoms. The molecular weight excluding hydrogens is 324 g/mol. The number of nitrogens with zero attached hydrogens (tertiary/aromatic N) is 2. The molecule has 0 saturated carbocycles. The van der Waals surface area contributed by atoms with Crippen molar-refractivity contribution in [3.8, 4) is 11.1 Å². The number of fused-ring (bicyclic) bond motifs is 1. The minimum Gasteiger partial charge on any atom is -0.258 e. The van der Waals surface area contributed by atoms with E-state index in [1.807, 2.05) is 36.4 Å². The largest absolute Gasteiger partial charge is 0.296 e. The second-order valence-electron chi connectivity index (χ2n) is 5.71. The average Bonchev–Trinajstić information content (AvgIpc) is 2.59. The summed E-state index contributed by atoms with van der Waals surface area (Å²) in [5, 5.41) is 12.8. The fraction of sp³-hybridized carbons (Fsp3) is 0.211. The number of pyridine rings is 1. The number of aromatic nitrogens is 1. The van der Waals surface area contributed by atoms with Gasteiger partial charge in [0.1, 0.15) is 6.20 Å². The molecule has 0 spiro atoms. The van der Waals surface area contributed by atoms with Gasteiger partial charge in [-0.1, -0.05) is 49.2 Å². The third-order valence-corrected chi connectivity index (χ3v) is 4.40. The Morgan fingerprint density at radius 3 is 2.71 bits per heavy atom. The lowest BCUT2D eigenvalue weighted by atomic mass is 9.97. The summed E-state index contributed by atoms with van der Waals surface area (Å²) in [5.41, 5.74) is 3.05. The molecule has 3 aromatic rings. The van der Waals surface area contributed by atoms with E-state index in [1.54, 1.807) is 6.07 Å². The van der Waals surface area contributed by atoms with Crippen molar-refractivity contribution in [1.29, 1.82) is 0 Å². The molecule has 5 heteroatoms. The maximum Gasteiger partial charge on any atom is 0.296 e. The summed E-state index contributed by atoms with van der Waals surface area (Å²) < 4.78 is 0. The number of benzene rings is 2. The smallest absolute Gasteiger partial charge is 0.258 e. The highest BCUT2D eigenvalue weighted by Crippen LogP contribution is 2.39. The SMILES string of the molecule is CCCCc1ccc2ncc([N+](=O)[O-])c(-c3ccccc3Cl)c2c1. The van der Waals surface area contributed by atoms with E-state index in [0.717, 1.165) is 35.7 Å². The molecule has 1 heterocycles. The zero-order valence-corrected chi connectivity index (χ0v) is 14.1. The van der Waals surface area contributed by atoms with Crippen LogP contribution in [-0.2, 0) is 6.42 Å². The fourth-order valence-corrected chi connectivity index (χ4v) is 3.08. The molecule has 0 radical (unpaired) electrons. The Kier molecular flexibility index (Phi) is 4.76. The molecule has 0 aliphatic heterocycles. The molecule has 4 nitrogen and oxygen atoms in total. The minimum atomic E-state index is -0.399. The number of halogens is 1. The Bertz CT molecular complexity index is 909. The van der Waals surface area contributed by atoms with Crippen LogP contribution in [0.3, 0.4) is 0 Å². The van der Waals surface area contributed by atoms with Gasteiger partial charge in [-0.25, -0.2) is 4.98 Å². The number of hydrogen-bond acceptors (Lipinski definition) is 3. The summed E-state index contributed by atoms with van der Waals surface area (Å²) in [7, 11) is 0. The molecule has 0 aliphatic carbocycles. The highest BCUT2D eigenvalue weighted by molar-refractivity contribution is 6.34. The Labute approximate surface area is 145 Å². The lowest BCUT2D eigenvalue weighted by molar-refractivity contribution is -0.384. The van der Waals surface area contributed by atoms with Crippen molar-refractivity contribution < 1.29 is 4.92 Å². The number of aryl methyl sites for hydroxylation is 1. The maximum absolute atomic E-state index is 11.5. The second-order valence-corrected chi connectivity index (χ2v) is 6.12. The van der Waals surface area contributed by atoms with Crippen LogP contribution in [0.1, 0.15) is 25.3 Å². The molecule has 0 N–H and O–H groups in total. The molecule has 0 amide bonds. The average molecular weight is 341 g/mol. The lowest BCUT2D eigenvalue weighted by Gasteiger charge is -2.10. The quantitative estimate of drug-likeness (QED) is 0.435. The first kappa shape index (κ1) is 16.4. The van der Waals surface area contributed by atoms with Crippen LogP contribution in [-0.4, -0.2) is 9.91 Å². The van der Waals surface area contributed by atoms with Gasteiger partial charge in [-0.15, -0.1) is 0 Å². The molecule has 0 atom stereocenters. The summed E-state index contributed by atoms with van der Waals surface area (Å²) in [4.78, 5) is 15.4. The van der Waals surface area contributed by atoms with Crippen molar-refractivity contribution in [3.05, 3.63) is 69.4 Å². The standard InChI is InChI=1S/C19H17ClN2O2/c1-2-3-6-13-9-10-17-15(11-13)19(18(12-21-17)22(23)24)14-7-4-5-8-16(14)20/h4-5,7-12H,2-3,6H2,1H3. The summed E-state index contributed by atoms with van der Waals surface area (Å²) in [6.45, 7) is 2.14. The lowest BCUT2D eigenvalue weighted by Crippen LogP contribution is -1.96. The molecule has 24 heavy (non-hydrogen) atoms. The monoisotopic (exact) mass is 340 g/mol. The summed E-state index contributed by atoms with van der Waals surface area (Å²) in [6.07, 6.45) is 4.43. The topological polar surface area (TPSA) is 56.0 Å². The molecule has 122 valence electrons. The third kappa shape index (κ3) is 3.10. The highest BCUT2D eigenvalue weighted by Gasteiger charge is 2.21. The van der Waals surface area contributed by atoms with Gasteiger partial charge in [0.25, 0.3) is 5.69 Å². The van der Waals surface area contributed by atoms with E-state index in [0.29, 0.717) is 16.1 Å². The Hall–Kier alpha value is -2.46. The van der Waals surface area contributed by atoms with E-state index >= 15 is 0 Å². The van der Waals surface area contributed by atoms with Crippen molar-refractivity contribution in [2.75, 3.05) is 0 Å². The van der Waals surface area contributed by atoms with Crippen LogP contribution in [0.15, 0.2) is 48.7 Å². The zero-order valence-electron chi connectivity index (χ0n) is 13.3. The van der Waals surface area contributed by atoms with Gasteiger partial charge in [0, 0.05) is 16.0 Å². The predicted octanol–water partition coefficient (Wildman–Crippen LogP) is 5.81. The first-order chi connectivity index (χ1) is 11.6. The van der Waals surface area contributed by atoms with Crippen LogP contribution < -0.4 is 0 Å². The molecule has 3 rings (SSSR count). The van der Waals surface area contributed by atoms with Crippen LogP contribution in [0.4, 0.5) is 5.69 Å². The summed E-state index contributed by atoms with van der Waals surface area (Å²) in [5.74, 6) is 0. The normalized spacial score (nSPS) is 10.9. The van der Waals surface area contributed by atoms with Gasteiger partial charge in [-0.3, -0.25) is 10.1 Å². The van der Waals surface area contributed by atoms with Gasteiger partial charge < -0.3 is 0 Å². The Morgan fingerprint density at radius 1 is 1.21 bits per heavy atom. The van der Waals surface area contributed by atoms with E-state index in [-0.39, 0.29) is 5.69 Å². The van der Waals surface area contributed by atoms with Crippen LogP contribution in [0.2, 0.25) is 5.02 Å². The van der Waals surface area contributed by atoms with E-state index in [2.05, 4.69) is 11.9 Å². The molecule has 1 aromatic heterocycles. The van der Waals surface area contributed by atoms with Gasteiger partial charge in [0.15, 0.2) is 0 Å². The molecular formula is C19H17ClN2O2. The second kappa shape index (κ2) is 6.97. The number of unbranched alkanes of at least 4 members (excludes halogenated alkanes) is 1. The first-order valence-electron chi connectivity index (χ1n) is 7.92. The van der Waals surface area contributed by atoms with E-state index in [1.165, 1.54) is 6.20 Å².